The highest BCUT2D eigenvalue weighted by Gasteiger charge is 2.38. The maximum absolute atomic E-state index is 6.18. The molecular formula is C17H32O2. The quantitative estimate of drug-likeness (QED) is 0.659. The van der Waals surface area contributed by atoms with Crippen molar-refractivity contribution >= 4 is 0 Å². The van der Waals surface area contributed by atoms with Gasteiger partial charge in [-0.05, 0) is 37.5 Å². The van der Waals surface area contributed by atoms with Crippen molar-refractivity contribution in [1.82, 2.24) is 0 Å². The molecule has 0 bridgehead atoms. The van der Waals surface area contributed by atoms with Gasteiger partial charge in [0.2, 0.25) is 0 Å². The van der Waals surface area contributed by atoms with Crippen LogP contribution in [0.4, 0.5) is 0 Å². The fraction of sp³-hybridized carbons (Fsp3) is 1.00. The second-order valence-electron chi connectivity index (χ2n) is 6.62. The fourth-order valence-electron chi connectivity index (χ4n) is 3.78. The molecule has 1 saturated heterocycles. The van der Waals surface area contributed by atoms with Crippen LogP contribution in [0.25, 0.3) is 0 Å². The Kier molecular flexibility index (Phi) is 5.70. The van der Waals surface area contributed by atoms with E-state index in [-0.39, 0.29) is 5.79 Å². The van der Waals surface area contributed by atoms with Gasteiger partial charge in [0.15, 0.2) is 5.79 Å². The van der Waals surface area contributed by atoms with Crippen LogP contribution < -0.4 is 0 Å². The molecule has 0 N–H and O–H groups in total. The average molecular weight is 268 g/mol. The van der Waals surface area contributed by atoms with E-state index in [1.807, 2.05) is 0 Å². The third-order valence-electron chi connectivity index (χ3n) is 5.39. The third-order valence-corrected chi connectivity index (χ3v) is 5.39. The summed E-state index contributed by atoms with van der Waals surface area (Å²) in [6.45, 7) is 7.59. The van der Waals surface area contributed by atoms with Gasteiger partial charge in [0.25, 0.3) is 0 Å². The van der Waals surface area contributed by atoms with E-state index in [0.717, 1.165) is 31.3 Å². The first-order valence-corrected chi connectivity index (χ1v) is 8.51. The summed E-state index contributed by atoms with van der Waals surface area (Å²) in [4.78, 5) is 0. The first-order valence-electron chi connectivity index (χ1n) is 8.51. The van der Waals surface area contributed by atoms with Gasteiger partial charge < -0.3 is 9.47 Å². The van der Waals surface area contributed by atoms with Gasteiger partial charge in [-0.15, -0.1) is 0 Å². The largest absolute Gasteiger partial charge is 0.347 e. The van der Waals surface area contributed by atoms with Crippen LogP contribution in [0.1, 0.15) is 78.6 Å². The smallest absolute Gasteiger partial charge is 0.168 e. The zero-order valence-electron chi connectivity index (χ0n) is 13.1. The average Bonchev–Trinajstić information content (AvgIpc) is 2.75. The Balaban J connectivity index is 1.76. The summed E-state index contributed by atoms with van der Waals surface area (Å²) in [5.74, 6) is 1.57. The zero-order chi connectivity index (χ0) is 13.7. The Morgan fingerprint density at radius 3 is 2.42 bits per heavy atom. The molecule has 1 aliphatic carbocycles. The Morgan fingerprint density at radius 1 is 1.00 bits per heavy atom. The standard InChI is InChI=1S/C17H32O2/c1-4-17(5-2)18-13-16(19-17)12-11-15-10-8-6-7-9-14(15)3/h14-16H,4-13H2,1-3H3. The van der Waals surface area contributed by atoms with Crippen molar-refractivity contribution in [3.63, 3.8) is 0 Å². The number of hydrogen-bond acceptors (Lipinski definition) is 2. The highest BCUT2D eigenvalue weighted by Crippen LogP contribution is 2.35. The maximum Gasteiger partial charge on any atom is 0.168 e. The summed E-state index contributed by atoms with van der Waals surface area (Å²) in [5, 5.41) is 0. The van der Waals surface area contributed by atoms with Gasteiger partial charge in [-0.2, -0.15) is 0 Å². The van der Waals surface area contributed by atoms with Crippen LogP contribution in [0.5, 0.6) is 0 Å². The molecule has 2 heteroatoms. The molecule has 2 fully saturated rings. The van der Waals surface area contributed by atoms with E-state index in [4.69, 9.17) is 9.47 Å². The Morgan fingerprint density at radius 2 is 1.74 bits per heavy atom. The molecule has 0 aromatic rings. The van der Waals surface area contributed by atoms with Crippen molar-refractivity contribution in [2.45, 2.75) is 90.4 Å². The molecule has 19 heavy (non-hydrogen) atoms. The third kappa shape index (κ3) is 3.95. The van der Waals surface area contributed by atoms with Gasteiger partial charge >= 0.3 is 0 Å². The molecule has 0 aromatic carbocycles. The lowest BCUT2D eigenvalue weighted by molar-refractivity contribution is -0.172. The molecular weight excluding hydrogens is 236 g/mol. The van der Waals surface area contributed by atoms with E-state index in [1.165, 1.54) is 44.9 Å². The Hall–Kier alpha value is -0.0800. The molecule has 112 valence electrons. The SMILES string of the molecule is CCC1(CC)OCC(CCC2CCCCCC2C)O1. The summed E-state index contributed by atoms with van der Waals surface area (Å²) < 4.78 is 12.1. The summed E-state index contributed by atoms with van der Waals surface area (Å²) in [6, 6.07) is 0. The fourth-order valence-corrected chi connectivity index (χ4v) is 3.78. The van der Waals surface area contributed by atoms with Crippen molar-refractivity contribution in [1.29, 1.82) is 0 Å². The summed E-state index contributed by atoms with van der Waals surface area (Å²) in [7, 11) is 0. The van der Waals surface area contributed by atoms with E-state index >= 15 is 0 Å². The van der Waals surface area contributed by atoms with Crippen LogP contribution in [0, 0.1) is 11.8 Å². The monoisotopic (exact) mass is 268 g/mol. The topological polar surface area (TPSA) is 18.5 Å². The molecule has 1 heterocycles. The van der Waals surface area contributed by atoms with Gasteiger partial charge in [-0.3, -0.25) is 0 Å². The number of ether oxygens (including phenoxy) is 2. The van der Waals surface area contributed by atoms with Crippen molar-refractivity contribution < 1.29 is 9.47 Å². The van der Waals surface area contributed by atoms with Crippen LogP contribution in [0.3, 0.4) is 0 Å². The van der Waals surface area contributed by atoms with Crippen LogP contribution in [0.2, 0.25) is 0 Å². The molecule has 1 saturated carbocycles. The van der Waals surface area contributed by atoms with Crippen LogP contribution >= 0.6 is 0 Å². The molecule has 3 unspecified atom stereocenters. The summed E-state index contributed by atoms with van der Waals surface area (Å²) in [5.41, 5.74) is 0. The summed E-state index contributed by atoms with van der Waals surface area (Å²) >= 11 is 0. The number of hydrogen-bond donors (Lipinski definition) is 0. The minimum absolute atomic E-state index is 0.264. The highest BCUT2D eigenvalue weighted by atomic mass is 16.7. The molecule has 0 radical (unpaired) electrons. The molecule has 2 rings (SSSR count). The predicted octanol–water partition coefficient (Wildman–Crippen LogP) is 4.91. The first-order chi connectivity index (χ1) is 9.19. The lowest BCUT2D eigenvalue weighted by Crippen LogP contribution is -2.29. The van der Waals surface area contributed by atoms with Crippen LogP contribution in [-0.4, -0.2) is 18.5 Å². The molecule has 0 aromatic heterocycles. The minimum Gasteiger partial charge on any atom is -0.347 e. The lowest BCUT2D eigenvalue weighted by atomic mass is 9.85. The molecule has 0 amide bonds. The molecule has 2 aliphatic rings. The molecule has 2 nitrogen and oxygen atoms in total. The van der Waals surface area contributed by atoms with E-state index in [1.54, 1.807) is 0 Å². The highest BCUT2D eigenvalue weighted by molar-refractivity contribution is 4.79. The minimum atomic E-state index is -0.264. The Labute approximate surface area is 119 Å². The van der Waals surface area contributed by atoms with Gasteiger partial charge in [-0.25, -0.2) is 0 Å². The van der Waals surface area contributed by atoms with Crippen molar-refractivity contribution in [3.8, 4) is 0 Å². The van der Waals surface area contributed by atoms with Crippen molar-refractivity contribution in [2.24, 2.45) is 11.8 Å². The van der Waals surface area contributed by atoms with E-state index in [0.29, 0.717) is 6.10 Å². The maximum atomic E-state index is 6.18. The van der Waals surface area contributed by atoms with Crippen LogP contribution in [0.15, 0.2) is 0 Å². The van der Waals surface area contributed by atoms with Crippen LogP contribution in [-0.2, 0) is 9.47 Å². The second-order valence-corrected chi connectivity index (χ2v) is 6.62. The van der Waals surface area contributed by atoms with Gasteiger partial charge in [0, 0.05) is 0 Å². The van der Waals surface area contributed by atoms with Gasteiger partial charge in [0.1, 0.15) is 0 Å². The molecule has 1 aliphatic heterocycles. The van der Waals surface area contributed by atoms with E-state index in [9.17, 15) is 0 Å². The number of rotatable bonds is 5. The molecule has 0 spiro atoms. The predicted molar refractivity (Wildman–Crippen MR) is 79.1 cm³/mol. The van der Waals surface area contributed by atoms with Gasteiger partial charge in [-0.1, -0.05) is 52.9 Å². The second kappa shape index (κ2) is 7.08. The van der Waals surface area contributed by atoms with E-state index in [2.05, 4.69) is 20.8 Å². The Bertz CT molecular complexity index is 260. The molecule has 3 atom stereocenters. The van der Waals surface area contributed by atoms with Gasteiger partial charge in [0.05, 0.1) is 12.7 Å². The van der Waals surface area contributed by atoms with Crippen molar-refractivity contribution in [3.05, 3.63) is 0 Å². The lowest BCUT2D eigenvalue weighted by Gasteiger charge is -2.26. The normalized spacial score (nSPS) is 35.2. The van der Waals surface area contributed by atoms with Crippen molar-refractivity contribution in [2.75, 3.05) is 6.61 Å². The first kappa shape index (κ1) is 15.3. The summed E-state index contributed by atoms with van der Waals surface area (Å²) in [6.07, 6.45) is 12.0. The van der Waals surface area contributed by atoms with E-state index < -0.39 is 0 Å². The zero-order valence-corrected chi connectivity index (χ0v) is 13.1.